The van der Waals surface area contributed by atoms with E-state index in [4.69, 9.17) is 9.47 Å². The molecule has 0 N–H and O–H groups in total. The molecule has 0 spiro atoms. The molecule has 0 heterocycles. The van der Waals surface area contributed by atoms with E-state index in [-0.39, 0.29) is 10.3 Å². The Balaban J connectivity index is 0.000000261. The summed E-state index contributed by atoms with van der Waals surface area (Å²) in [4.78, 5) is 0. The summed E-state index contributed by atoms with van der Waals surface area (Å²) in [6.07, 6.45) is 0. The molecule has 0 aliphatic heterocycles. The quantitative estimate of drug-likeness (QED) is 0.0848. The van der Waals surface area contributed by atoms with E-state index in [1.54, 1.807) is 7.11 Å². The van der Waals surface area contributed by atoms with Gasteiger partial charge in [0.25, 0.3) is 0 Å². The summed E-state index contributed by atoms with van der Waals surface area (Å²) >= 11 is 2.45. The highest BCUT2D eigenvalue weighted by atomic mass is 127. The molecule has 6 aromatic rings. The lowest BCUT2D eigenvalue weighted by Gasteiger charge is -2.43. The summed E-state index contributed by atoms with van der Waals surface area (Å²) in [5.74, 6) is 4.44. The molecule has 0 unspecified atom stereocenters. The van der Waals surface area contributed by atoms with Gasteiger partial charge in [-0.2, -0.15) is 0 Å². The van der Waals surface area contributed by atoms with Crippen molar-refractivity contribution < 1.29 is 9.47 Å². The molecule has 0 aliphatic carbocycles. The average molecular weight is 1040 g/mol. The van der Waals surface area contributed by atoms with Crippen molar-refractivity contribution in [3.8, 4) is 56.0 Å². The minimum atomic E-state index is -0.581. The largest absolute Gasteiger partial charge is 0.496 e. The second-order valence-electron chi connectivity index (χ2n) is 22.5. The van der Waals surface area contributed by atoms with Crippen LogP contribution < -0.4 is 14.8 Å². The van der Waals surface area contributed by atoms with Gasteiger partial charge in [0, 0.05) is 5.30 Å². The van der Waals surface area contributed by atoms with E-state index < -0.39 is 7.92 Å². The highest BCUT2D eigenvalue weighted by Gasteiger charge is 2.40. The van der Waals surface area contributed by atoms with Crippen molar-refractivity contribution >= 4 is 35.8 Å². The lowest BCUT2D eigenvalue weighted by atomic mass is 9.76. The van der Waals surface area contributed by atoms with Crippen LogP contribution in [0.1, 0.15) is 194 Å². The fourth-order valence-electron chi connectivity index (χ4n) is 10.6. The molecule has 0 bridgehead atoms. The van der Waals surface area contributed by atoms with Crippen LogP contribution in [0.2, 0.25) is 0 Å². The maximum absolute atomic E-state index is 6.17. The lowest BCUT2D eigenvalue weighted by Crippen LogP contribution is -2.33. The summed E-state index contributed by atoms with van der Waals surface area (Å²) in [5.41, 5.74) is 19.6. The first-order chi connectivity index (χ1) is 31.9. The highest BCUT2D eigenvalue weighted by molar-refractivity contribution is 14.1. The van der Waals surface area contributed by atoms with E-state index in [1.807, 2.05) is 7.11 Å². The molecule has 0 saturated carbocycles. The van der Waals surface area contributed by atoms with Crippen LogP contribution in [0.5, 0.6) is 11.5 Å². The molecule has 0 radical (unpaired) electrons. The van der Waals surface area contributed by atoms with E-state index in [0.29, 0.717) is 35.5 Å². The number of hydrogen-bond acceptors (Lipinski definition) is 2. The maximum atomic E-state index is 6.17. The third-order valence-corrected chi connectivity index (χ3v) is 17.8. The zero-order valence-electron chi connectivity index (χ0n) is 45.5. The Bertz CT molecular complexity index is 2610. The van der Waals surface area contributed by atoms with Crippen LogP contribution in [0.3, 0.4) is 0 Å². The topological polar surface area (TPSA) is 18.5 Å². The van der Waals surface area contributed by atoms with Crippen LogP contribution in [0, 0.1) is 3.57 Å². The third-order valence-electron chi connectivity index (χ3n) is 13.1. The number of benzene rings is 6. The van der Waals surface area contributed by atoms with E-state index in [9.17, 15) is 0 Å². The van der Waals surface area contributed by atoms with E-state index in [1.165, 1.54) is 86.8 Å². The minimum absolute atomic E-state index is 0.118. The van der Waals surface area contributed by atoms with Gasteiger partial charge in [-0.3, -0.25) is 0 Å². The molecule has 6 aromatic carbocycles. The molecule has 0 atom stereocenters. The van der Waals surface area contributed by atoms with Crippen LogP contribution in [-0.2, 0) is 0 Å². The minimum Gasteiger partial charge on any atom is -0.496 e. The van der Waals surface area contributed by atoms with Crippen LogP contribution in [0.15, 0.2) is 109 Å². The predicted octanol–water partition coefficient (Wildman–Crippen LogP) is 20.1. The first-order valence-electron chi connectivity index (χ1n) is 25.2. The summed E-state index contributed by atoms with van der Waals surface area (Å²) in [7, 11) is 3.01. The molecular weight excluding hydrogens is 959 g/mol. The van der Waals surface area contributed by atoms with Crippen LogP contribution >= 0.6 is 30.5 Å². The van der Waals surface area contributed by atoms with Crippen LogP contribution in [0.25, 0.3) is 44.5 Å². The van der Waals surface area contributed by atoms with Crippen molar-refractivity contribution in [2.45, 2.75) is 170 Å². The van der Waals surface area contributed by atoms with Crippen LogP contribution in [-0.4, -0.2) is 24.5 Å². The highest BCUT2D eigenvalue weighted by Crippen LogP contribution is 2.62. The molecule has 0 saturated heterocycles. The summed E-state index contributed by atoms with van der Waals surface area (Å²) in [6, 6.07) is 40.1. The first kappa shape index (κ1) is 55.0. The van der Waals surface area contributed by atoms with Gasteiger partial charge in [-0.1, -0.05) is 230 Å². The standard InChI is InChI=1S/C36H51OP.C28H33IO/c1-23(2)28-22-29(24(3)4)33(31(25(5)6)32(28)26-18-15-14-16-19-26)27-20-17-21-30(37-13)34(27)38(35(7,8)9)36(10,11)12;1-17(2)22-16-23(18(3)4)27(21-14-11-15-24(30-7)28(21)29)25(19(5)6)26(22)20-12-9-8-10-13-20/h14-25H,1-13H3;8-19H,1-7H3. The number of rotatable bonds is 13. The fraction of sp³-hybridized carbons (Fsp3) is 0.438. The van der Waals surface area contributed by atoms with Crippen molar-refractivity contribution in [1.29, 1.82) is 0 Å². The lowest BCUT2D eigenvalue weighted by molar-refractivity contribution is 0.412. The molecular formula is C64H84IO2P. The van der Waals surface area contributed by atoms with Gasteiger partial charge >= 0.3 is 0 Å². The molecule has 2 nitrogen and oxygen atoms in total. The molecule has 0 amide bonds. The van der Waals surface area contributed by atoms with Crippen molar-refractivity contribution in [1.82, 2.24) is 0 Å². The van der Waals surface area contributed by atoms with Gasteiger partial charge in [-0.25, -0.2) is 0 Å². The van der Waals surface area contributed by atoms with Crippen molar-refractivity contribution in [3.63, 3.8) is 0 Å². The van der Waals surface area contributed by atoms with Gasteiger partial charge in [0.2, 0.25) is 0 Å². The molecule has 4 heteroatoms. The van der Waals surface area contributed by atoms with Crippen LogP contribution in [0.4, 0.5) is 0 Å². The predicted molar refractivity (Wildman–Crippen MR) is 311 cm³/mol. The summed E-state index contributed by atoms with van der Waals surface area (Å²) in [6.45, 7) is 42.5. The van der Waals surface area contributed by atoms with E-state index in [0.717, 1.165) is 11.5 Å². The summed E-state index contributed by atoms with van der Waals surface area (Å²) < 4.78 is 13.0. The molecule has 0 aliphatic rings. The molecule has 0 aromatic heterocycles. The second kappa shape index (κ2) is 22.9. The van der Waals surface area contributed by atoms with Gasteiger partial charge in [0.15, 0.2) is 0 Å². The zero-order chi connectivity index (χ0) is 50.6. The number of ether oxygens (including phenoxy) is 2. The van der Waals surface area contributed by atoms with E-state index in [2.05, 4.69) is 256 Å². The smallest absolute Gasteiger partial charge is 0.132 e. The Kier molecular flexibility index (Phi) is 18.5. The maximum Gasteiger partial charge on any atom is 0.132 e. The third kappa shape index (κ3) is 11.8. The van der Waals surface area contributed by atoms with E-state index >= 15 is 0 Å². The number of halogens is 1. The zero-order valence-corrected chi connectivity index (χ0v) is 48.6. The molecule has 364 valence electrons. The molecule has 6 rings (SSSR count). The van der Waals surface area contributed by atoms with Gasteiger partial charge in [-0.15, -0.1) is 0 Å². The van der Waals surface area contributed by atoms with Crippen molar-refractivity contribution in [3.05, 3.63) is 146 Å². The molecule has 0 fully saturated rings. The number of hydrogen-bond donors (Lipinski definition) is 0. The van der Waals surface area contributed by atoms with Crippen molar-refractivity contribution in [2.24, 2.45) is 0 Å². The van der Waals surface area contributed by atoms with Gasteiger partial charge in [0.1, 0.15) is 11.5 Å². The Hall–Kier alpha value is -3.92. The SMILES string of the molecule is COc1cccc(-c2c(C(C)C)cc(C(C)C)c(-c3ccccc3)c2C(C)C)c1I.COc1cccc(-c2c(C(C)C)cc(C(C)C)c(-c3ccccc3)c2C(C)C)c1P(C(C)(C)C)C(C)(C)C. The summed E-state index contributed by atoms with van der Waals surface area (Å²) in [5, 5.41) is 1.64. The Morgan fingerprint density at radius 2 is 0.735 bits per heavy atom. The monoisotopic (exact) mass is 1040 g/mol. The first-order valence-corrected chi connectivity index (χ1v) is 27.6. The molecule has 68 heavy (non-hydrogen) atoms. The Labute approximate surface area is 429 Å². The second-order valence-corrected chi connectivity index (χ2v) is 27.3. The number of methoxy groups -OCH3 is 2. The normalized spacial score (nSPS) is 12.2. The Morgan fingerprint density at radius 3 is 1.07 bits per heavy atom. The van der Waals surface area contributed by atoms with Gasteiger partial charge in [0.05, 0.1) is 17.8 Å². The van der Waals surface area contributed by atoms with Gasteiger partial charge < -0.3 is 9.47 Å². The fourth-order valence-corrected chi connectivity index (χ4v) is 15.6. The Morgan fingerprint density at radius 1 is 0.397 bits per heavy atom. The average Bonchev–Trinajstić information content (AvgIpc) is 3.27. The van der Waals surface area contributed by atoms with Gasteiger partial charge in [-0.05, 0) is 158 Å². The van der Waals surface area contributed by atoms with Crippen molar-refractivity contribution in [2.75, 3.05) is 14.2 Å².